The van der Waals surface area contributed by atoms with Gasteiger partial charge in [-0.2, -0.15) is 0 Å². The highest BCUT2D eigenvalue weighted by atomic mass is 32.1. The number of nitrogens with zero attached hydrogens (tertiary/aromatic N) is 3. The zero-order chi connectivity index (χ0) is 17.8. The average molecular weight is 375 g/mol. The second kappa shape index (κ2) is 7.86. The molecule has 0 radical (unpaired) electrons. The van der Waals surface area contributed by atoms with Crippen molar-refractivity contribution in [3.8, 4) is 0 Å². The minimum Gasteiger partial charge on any atom is -0.330 e. The monoisotopic (exact) mass is 374 g/mol. The highest BCUT2D eigenvalue weighted by molar-refractivity contribution is 7.73. The van der Waals surface area contributed by atoms with Gasteiger partial charge in [-0.1, -0.05) is 41.7 Å². The van der Waals surface area contributed by atoms with Gasteiger partial charge in [-0.3, -0.25) is 4.90 Å². The van der Waals surface area contributed by atoms with E-state index in [2.05, 4.69) is 10.4 Å². The number of aromatic nitrogens is 2. The van der Waals surface area contributed by atoms with E-state index in [0.717, 1.165) is 21.9 Å². The van der Waals surface area contributed by atoms with Gasteiger partial charge in [0.15, 0.2) is 3.95 Å². The van der Waals surface area contributed by atoms with Gasteiger partial charge in [0.2, 0.25) is 5.13 Å². The van der Waals surface area contributed by atoms with Crippen LogP contribution in [-0.4, -0.2) is 21.7 Å². The van der Waals surface area contributed by atoms with Gasteiger partial charge in [0.1, 0.15) is 5.82 Å². The maximum absolute atomic E-state index is 13.3. The van der Waals surface area contributed by atoms with Gasteiger partial charge in [-0.25, -0.2) is 9.07 Å². The van der Waals surface area contributed by atoms with Crippen LogP contribution >= 0.6 is 23.6 Å². The summed E-state index contributed by atoms with van der Waals surface area (Å²) in [5.41, 5.74) is 3.09. The van der Waals surface area contributed by atoms with E-state index in [0.29, 0.717) is 17.2 Å². The molecule has 0 atom stereocenters. The van der Waals surface area contributed by atoms with E-state index < -0.39 is 0 Å². The molecule has 2 aromatic carbocycles. The largest absolute Gasteiger partial charge is 0.330 e. The lowest BCUT2D eigenvalue weighted by molar-refractivity contribution is 0.245. The first-order valence-corrected chi connectivity index (χ1v) is 9.07. The summed E-state index contributed by atoms with van der Waals surface area (Å²) >= 11 is 6.86. The van der Waals surface area contributed by atoms with E-state index in [-0.39, 0.29) is 5.82 Å². The fourth-order valence-electron chi connectivity index (χ4n) is 2.50. The topological polar surface area (TPSA) is 33.1 Å². The van der Waals surface area contributed by atoms with Gasteiger partial charge in [-0.05, 0) is 55.5 Å². The quantitative estimate of drug-likeness (QED) is 0.619. The Balaban J connectivity index is 1.68. The van der Waals surface area contributed by atoms with E-state index in [1.54, 1.807) is 16.8 Å². The summed E-state index contributed by atoms with van der Waals surface area (Å²) < 4.78 is 15.8. The molecule has 4 nitrogen and oxygen atoms in total. The molecule has 0 saturated heterocycles. The highest BCUT2D eigenvalue weighted by Crippen LogP contribution is 2.23. The van der Waals surface area contributed by atoms with Gasteiger partial charge in [-0.15, -0.1) is 5.10 Å². The zero-order valence-corrected chi connectivity index (χ0v) is 15.7. The Kier molecular flexibility index (Phi) is 5.57. The van der Waals surface area contributed by atoms with Crippen LogP contribution in [0.2, 0.25) is 0 Å². The molecule has 1 N–H and O–H groups in total. The number of para-hydroxylation sites is 1. The molecule has 0 saturated carbocycles. The van der Waals surface area contributed by atoms with Crippen molar-refractivity contribution in [3.63, 3.8) is 0 Å². The van der Waals surface area contributed by atoms with Crippen molar-refractivity contribution < 1.29 is 4.39 Å². The normalized spacial score (nSPS) is 11.0. The summed E-state index contributed by atoms with van der Waals surface area (Å²) in [5.74, 6) is -0.221. The van der Waals surface area contributed by atoms with Gasteiger partial charge in [0.05, 0.1) is 6.67 Å². The minimum atomic E-state index is -0.221. The molecule has 0 bridgehead atoms. The van der Waals surface area contributed by atoms with Crippen LogP contribution in [0.25, 0.3) is 0 Å². The first-order chi connectivity index (χ1) is 12.0. The van der Waals surface area contributed by atoms with Crippen molar-refractivity contribution in [1.82, 2.24) is 14.7 Å². The number of halogens is 1. The molecule has 0 aliphatic rings. The molecular formula is C18H19FN4S2. The third kappa shape index (κ3) is 4.72. The summed E-state index contributed by atoms with van der Waals surface area (Å²) in [6, 6.07) is 14.7. The highest BCUT2D eigenvalue weighted by Gasteiger charge is 2.08. The van der Waals surface area contributed by atoms with Crippen molar-refractivity contribution in [2.45, 2.75) is 20.1 Å². The molecule has 1 heterocycles. The summed E-state index contributed by atoms with van der Waals surface area (Å²) in [7, 11) is 1.96. The molecule has 25 heavy (non-hydrogen) atoms. The lowest BCUT2D eigenvalue weighted by Gasteiger charge is -2.16. The number of nitrogens with one attached hydrogen (secondary N) is 1. The number of aryl methyl sites for hydroxylation is 1. The van der Waals surface area contributed by atoms with Crippen LogP contribution in [0.4, 0.5) is 15.2 Å². The Morgan fingerprint density at radius 3 is 2.80 bits per heavy atom. The molecule has 0 aliphatic heterocycles. The van der Waals surface area contributed by atoms with Crippen LogP contribution in [0.15, 0.2) is 48.5 Å². The van der Waals surface area contributed by atoms with Gasteiger partial charge >= 0.3 is 0 Å². The molecule has 0 aliphatic carbocycles. The van der Waals surface area contributed by atoms with Gasteiger partial charge in [0, 0.05) is 12.2 Å². The Morgan fingerprint density at radius 1 is 1.24 bits per heavy atom. The van der Waals surface area contributed by atoms with Crippen LogP contribution in [0.5, 0.6) is 0 Å². The molecule has 0 amide bonds. The lowest BCUT2D eigenvalue weighted by atomic mass is 10.2. The molecular weight excluding hydrogens is 355 g/mol. The summed E-state index contributed by atoms with van der Waals surface area (Å²) in [6.45, 7) is 3.21. The smallest absolute Gasteiger partial charge is 0.209 e. The van der Waals surface area contributed by atoms with E-state index in [9.17, 15) is 4.39 Å². The molecule has 0 unspecified atom stereocenters. The molecule has 3 aromatic rings. The SMILES string of the molecule is Cc1ccccc1Nc1nn(CN(C)Cc2cccc(F)c2)c(=S)s1. The second-order valence-electron chi connectivity index (χ2n) is 5.90. The molecule has 7 heteroatoms. The minimum absolute atomic E-state index is 0.221. The zero-order valence-electron chi connectivity index (χ0n) is 14.1. The van der Waals surface area contributed by atoms with Crippen molar-refractivity contribution in [1.29, 1.82) is 0 Å². The number of benzene rings is 2. The first-order valence-electron chi connectivity index (χ1n) is 7.85. The lowest BCUT2D eigenvalue weighted by Crippen LogP contribution is -2.22. The Bertz CT molecular complexity index is 919. The van der Waals surface area contributed by atoms with E-state index in [1.165, 1.54) is 17.4 Å². The molecule has 0 fully saturated rings. The summed E-state index contributed by atoms with van der Waals surface area (Å²) in [4.78, 5) is 2.04. The maximum atomic E-state index is 13.3. The number of hydrogen-bond acceptors (Lipinski definition) is 5. The number of hydrogen-bond donors (Lipinski definition) is 1. The van der Waals surface area contributed by atoms with Crippen LogP contribution in [0.3, 0.4) is 0 Å². The first kappa shape index (κ1) is 17.7. The van der Waals surface area contributed by atoms with Crippen LogP contribution in [-0.2, 0) is 13.2 Å². The van der Waals surface area contributed by atoms with Crippen molar-refractivity contribution >= 4 is 34.4 Å². The van der Waals surface area contributed by atoms with Crippen molar-refractivity contribution in [2.75, 3.05) is 12.4 Å². The number of anilines is 2. The Hall–Kier alpha value is -2.09. The van der Waals surface area contributed by atoms with E-state index >= 15 is 0 Å². The maximum Gasteiger partial charge on any atom is 0.209 e. The second-order valence-corrected chi connectivity index (χ2v) is 7.52. The van der Waals surface area contributed by atoms with E-state index in [4.69, 9.17) is 12.2 Å². The van der Waals surface area contributed by atoms with Crippen LogP contribution in [0, 0.1) is 16.7 Å². The molecule has 1 aromatic heterocycles. The summed E-state index contributed by atoms with van der Waals surface area (Å²) in [6.07, 6.45) is 0. The Labute approximate surface area is 155 Å². The standard InChI is InChI=1S/C18H19FN4S2/c1-13-6-3-4-9-16(13)20-17-21-23(18(24)25-17)12-22(2)11-14-7-5-8-15(19)10-14/h3-10H,11-12H2,1-2H3,(H,20,21). The third-order valence-electron chi connectivity index (χ3n) is 3.71. The van der Waals surface area contributed by atoms with Crippen molar-refractivity contribution in [2.24, 2.45) is 0 Å². The number of rotatable bonds is 6. The van der Waals surface area contributed by atoms with Crippen LogP contribution < -0.4 is 5.32 Å². The van der Waals surface area contributed by atoms with Crippen molar-refractivity contribution in [3.05, 3.63) is 69.4 Å². The fraction of sp³-hybridized carbons (Fsp3) is 0.222. The van der Waals surface area contributed by atoms with Crippen LogP contribution in [0.1, 0.15) is 11.1 Å². The average Bonchev–Trinajstić information content (AvgIpc) is 2.89. The third-order valence-corrected chi connectivity index (χ3v) is 4.93. The predicted octanol–water partition coefficient (Wildman–Crippen LogP) is 4.95. The predicted molar refractivity (Wildman–Crippen MR) is 103 cm³/mol. The Morgan fingerprint density at radius 2 is 2.04 bits per heavy atom. The molecule has 0 spiro atoms. The van der Waals surface area contributed by atoms with Gasteiger partial charge < -0.3 is 5.32 Å². The molecule has 130 valence electrons. The van der Waals surface area contributed by atoms with Gasteiger partial charge in [0.25, 0.3) is 0 Å². The van der Waals surface area contributed by atoms with E-state index in [1.807, 2.05) is 49.2 Å². The fourth-order valence-corrected chi connectivity index (χ4v) is 3.51. The molecule has 3 rings (SSSR count). The summed E-state index contributed by atoms with van der Waals surface area (Å²) in [5, 5.41) is 8.63.